The Hall–Kier alpha value is -1.93. The molecule has 0 aromatic rings. The maximum Gasteiger partial charge on any atom is 0.472 e. The first-order valence-electron chi connectivity index (χ1n) is 20.8. The number of unbranched alkanes of at least 4 members (excludes halogenated alkanes) is 15. The lowest BCUT2D eigenvalue weighted by Gasteiger charge is -2.41. The largest absolute Gasteiger partial charge is 0.472 e. The van der Waals surface area contributed by atoms with Gasteiger partial charge in [-0.15, -0.1) is 0 Å². The van der Waals surface area contributed by atoms with Crippen LogP contribution in [0.2, 0.25) is 0 Å². The van der Waals surface area contributed by atoms with Crippen molar-refractivity contribution in [1.29, 1.82) is 0 Å². The minimum atomic E-state index is -5.12. The minimum absolute atomic E-state index is 0.0787. The fourth-order valence-corrected chi connectivity index (χ4v) is 6.97. The summed E-state index contributed by atoms with van der Waals surface area (Å²) in [7, 11) is -5.12. The topological polar surface area (TPSA) is 210 Å². The maximum atomic E-state index is 12.8. The van der Waals surface area contributed by atoms with Crippen molar-refractivity contribution in [2.45, 2.75) is 198 Å². The van der Waals surface area contributed by atoms with Gasteiger partial charge < -0.3 is 39.9 Å². The van der Waals surface area contributed by atoms with Gasteiger partial charge in [0.25, 0.3) is 0 Å². The Bertz CT molecular complexity index is 1110. The zero-order valence-corrected chi connectivity index (χ0v) is 34.4. The molecule has 0 amide bonds. The number of carbonyl (C=O) groups is 2. The Kier molecular flexibility index (Phi) is 29.8. The van der Waals surface area contributed by atoms with Gasteiger partial charge in [0.2, 0.25) is 0 Å². The van der Waals surface area contributed by atoms with Crippen LogP contribution in [0.15, 0.2) is 36.5 Å². The summed E-state index contributed by atoms with van der Waals surface area (Å²) in [5.74, 6) is -1.13. The first-order valence-corrected chi connectivity index (χ1v) is 22.3. The molecule has 6 unspecified atom stereocenters. The number of rotatable bonds is 33. The summed E-state index contributed by atoms with van der Waals surface area (Å²) >= 11 is 0. The molecule has 1 fully saturated rings. The molecule has 0 spiro atoms. The van der Waals surface area contributed by atoms with E-state index < -0.39 is 75.7 Å². The molecule has 1 aliphatic rings. The number of esters is 2. The van der Waals surface area contributed by atoms with Crippen LogP contribution >= 0.6 is 7.82 Å². The van der Waals surface area contributed by atoms with Crippen molar-refractivity contribution < 1.29 is 63.1 Å². The van der Waals surface area contributed by atoms with Crippen LogP contribution in [0, 0.1) is 0 Å². The fourth-order valence-electron chi connectivity index (χ4n) is 6.00. The molecule has 0 aliphatic heterocycles. The third kappa shape index (κ3) is 25.1. The van der Waals surface area contributed by atoms with Crippen molar-refractivity contribution in [3.8, 4) is 0 Å². The van der Waals surface area contributed by atoms with Crippen molar-refractivity contribution >= 4 is 19.8 Å². The Labute approximate surface area is 329 Å². The molecule has 13 nitrogen and oxygen atoms in total. The molecule has 0 aromatic carbocycles. The van der Waals surface area contributed by atoms with Crippen LogP contribution in [0.25, 0.3) is 0 Å². The Morgan fingerprint density at radius 1 is 0.564 bits per heavy atom. The van der Waals surface area contributed by atoms with E-state index in [0.29, 0.717) is 12.8 Å². The van der Waals surface area contributed by atoms with Crippen molar-refractivity contribution in [2.75, 3.05) is 13.2 Å². The van der Waals surface area contributed by atoms with E-state index in [0.717, 1.165) is 83.5 Å². The minimum Gasteiger partial charge on any atom is -0.462 e. The number of hydrogen-bond donors (Lipinski definition) is 6. The molecule has 320 valence electrons. The third-order valence-electron chi connectivity index (χ3n) is 9.45. The van der Waals surface area contributed by atoms with Crippen molar-refractivity contribution in [3.63, 3.8) is 0 Å². The maximum absolute atomic E-state index is 12.8. The van der Waals surface area contributed by atoms with Crippen LogP contribution in [0.1, 0.15) is 155 Å². The second-order valence-electron chi connectivity index (χ2n) is 14.5. The van der Waals surface area contributed by atoms with Gasteiger partial charge in [-0.05, 0) is 64.2 Å². The lowest BCUT2D eigenvalue weighted by Crippen LogP contribution is -2.64. The lowest BCUT2D eigenvalue weighted by atomic mass is 9.85. The highest BCUT2D eigenvalue weighted by Gasteiger charge is 2.51. The van der Waals surface area contributed by atoms with Gasteiger partial charge in [-0.3, -0.25) is 18.6 Å². The molecule has 14 heteroatoms. The van der Waals surface area contributed by atoms with E-state index in [2.05, 4.69) is 50.3 Å². The third-order valence-corrected chi connectivity index (χ3v) is 10.4. The zero-order valence-electron chi connectivity index (χ0n) is 33.5. The summed E-state index contributed by atoms with van der Waals surface area (Å²) in [5, 5.41) is 50.0. The van der Waals surface area contributed by atoms with Crippen LogP contribution in [-0.4, -0.2) is 98.3 Å². The predicted molar refractivity (Wildman–Crippen MR) is 212 cm³/mol. The number of allylic oxidation sites excluding steroid dienone is 6. The molecular formula is C41H73O13P. The zero-order chi connectivity index (χ0) is 40.7. The number of aliphatic hydroxyl groups excluding tert-OH is 5. The molecule has 6 atom stereocenters. The SMILES string of the molecule is CCCC/C=C\CCCCCCCC(=O)OCC(COP(=O)(O)OC1C(O)C(O)C(O)C(O)C1O)OC(=O)CCCCCCC/C=C\C/C=C\CCCCC. The number of phosphoric ester groups is 1. The van der Waals surface area contributed by atoms with Gasteiger partial charge in [0.05, 0.1) is 6.61 Å². The molecule has 0 heterocycles. The Balaban J connectivity index is 2.53. The lowest BCUT2D eigenvalue weighted by molar-refractivity contribution is -0.220. The van der Waals surface area contributed by atoms with E-state index >= 15 is 0 Å². The number of ether oxygens (including phenoxy) is 2. The first kappa shape index (κ1) is 51.1. The average Bonchev–Trinajstić information content (AvgIpc) is 3.16. The first-order chi connectivity index (χ1) is 26.4. The van der Waals surface area contributed by atoms with E-state index in [-0.39, 0.29) is 12.8 Å². The van der Waals surface area contributed by atoms with Gasteiger partial charge in [0, 0.05) is 12.8 Å². The van der Waals surface area contributed by atoms with Crippen LogP contribution in [0.4, 0.5) is 0 Å². The average molecular weight is 805 g/mol. The van der Waals surface area contributed by atoms with E-state index in [9.17, 15) is 44.6 Å². The predicted octanol–water partition coefficient (Wildman–Crippen LogP) is 7.05. The van der Waals surface area contributed by atoms with Gasteiger partial charge in [-0.2, -0.15) is 0 Å². The number of aliphatic hydroxyl groups is 5. The highest BCUT2D eigenvalue weighted by atomic mass is 31.2. The van der Waals surface area contributed by atoms with E-state index in [1.54, 1.807) is 0 Å². The molecule has 1 rings (SSSR count). The molecule has 55 heavy (non-hydrogen) atoms. The van der Waals surface area contributed by atoms with Crippen molar-refractivity contribution in [1.82, 2.24) is 0 Å². The van der Waals surface area contributed by atoms with Gasteiger partial charge in [0.1, 0.15) is 43.2 Å². The fraction of sp³-hybridized carbons (Fsp3) is 0.805. The van der Waals surface area contributed by atoms with E-state index in [4.69, 9.17) is 18.5 Å². The van der Waals surface area contributed by atoms with Gasteiger partial charge in [-0.1, -0.05) is 115 Å². The standard InChI is InChI=1S/C41H73O13P/c1-3-5-7-9-11-13-15-16-17-18-20-22-24-26-28-30-35(43)53-33(31-51-34(42)29-27-25-23-21-19-14-12-10-8-6-4-2)32-52-55(49,50)54-41-39(47)37(45)36(44)38(46)40(41)48/h10-13,16-17,33,36-41,44-48H,3-9,14-15,18-32H2,1-2H3,(H,49,50)/b12-10-,13-11-,17-16-. The highest BCUT2D eigenvalue weighted by molar-refractivity contribution is 7.47. The molecule has 1 saturated carbocycles. The van der Waals surface area contributed by atoms with Gasteiger partial charge >= 0.3 is 19.8 Å². The normalized spacial score (nSPS) is 23.4. The number of phosphoric acid groups is 1. The molecule has 6 N–H and O–H groups in total. The highest BCUT2D eigenvalue weighted by Crippen LogP contribution is 2.47. The number of hydrogen-bond acceptors (Lipinski definition) is 12. The molecule has 0 bridgehead atoms. The molecule has 0 aromatic heterocycles. The van der Waals surface area contributed by atoms with E-state index in [1.807, 2.05) is 0 Å². The Morgan fingerprint density at radius 2 is 1.00 bits per heavy atom. The summed E-state index contributed by atoms with van der Waals surface area (Å²) in [5.41, 5.74) is 0. The van der Waals surface area contributed by atoms with Crippen LogP contribution in [0.3, 0.4) is 0 Å². The smallest absolute Gasteiger partial charge is 0.462 e. The second kappa shape index (κ2) is 32.1. The summed E-state index contributed by atoms with van der Waals surface area (Å²) in [4.78, 5) is 35.5. The van der Waals surface area contributed by atoms with Crippen molar-refractivity contribution in [3.05, 3.63) is 36.5 Å². The molecule has 1 aliphatic carbocycles. The molecule has 0 saturated heterocycles. The Morgan fingerprint density at radius 3 is 1.55 bits per heavy atom. The van der Waals surface area contributed by atoms with Gasteiger partial charge in [-0.25, -0.2) is 4.57 Å². The monoisotopic (exact) mass is 804 g/mol. The number of carbonyl (C=O) groups excluding carboxylic acids is 2. The van der Waals surface area contributed by atoms with Crippen LogP contribution in [-0.2, 0) is 32.7 Å². The quantitative estimate of drug-likeness (QED) is 0.0170. The summed E-state index contributed by atoms with van der Waals surface area (Å²) in [6, 6.07) is 0. The molecule has 0 radical (unpaired) electrons. The summed E-state index contributed by atoms with van der Waals surface area (Å²) < 4.78 is 33.4. The van der Waals surface area contributed by atoms with Crippen LogP contribution in [0.5, 0.6) is 0 Å². The van der Waals surface area contributed by atoms with E-state index in [1.165, 1.54) is 32.1 Å². The van der Waals surface area contributed by atoms with Gasteiger partial charge in [0.15, 0.2) is 6.10 Å². The second-order valence-corrected chi connectivity index (χ2v) is 15.9. The summed E-state index contributed by atoms with van der Waals surface area (Å²) in [6.07, 6.45) is 20.7. The van der Waals surface area contributed by atoms with Crippen molar-refractivity contribution in [2.24, 2.45) is 0 Å². The van der Waals surface area contributed by atoms with Crippen LogP contribution < -0.4 is 0 Å². The molecular weight excluding hydrogens is 731 g/mol. The summed E-state index contributed by atoms with van der Waals surface area (Å²) in [6.45, 7) is 3.18.